The molecule has 3 aliphatic heterocycles. The van der Waals surface area contributed by atoms with Gasteiger partial charge in [-0.2, -0.15) is 0 Å². The summed E-state index contributed by atoms with van der Waals surface area (Å²) in [6, 6.07) is 4.21. The molecule has 13 N–H and O–H groups in total. The minimum atomic E-state index is -1.98. The number of hydrogen-bond donors (Lipinski definition) is 12. The number of aromatic hydroxyl groups is 5. The smallest absolute Gasteiger partial charge is 0.317 e. The molecule has 11 atom stereocenters. The zero-order valence-electron chi connectivity index (χ0n) is 25.5. The highest BCUT2D eigenvalue weighted by molar-refractivity contribution is 5.90. The van der Waals surface area contributed by atoms with Crippen LogP contribution in [0.3, 0.4) is 0 Å². The van der Waals surface area contributed by atoms with Gasteiger partial charge in [0.1, 0.15) is 78.9 Å². The molecule has 3 aliphatic rings. The van der Waals surface area contributed by atoms with Crippen molar-refractivity contribution in [2.45, 2.75) is 73.9 Å². The van der Waals surface area contributed by atoms with Crippen molar-refractivity contribution >= 4 is 18.0 Å². The Morgan fingerprint density at radius 2 is 1.34 bits per heavy atom. The number of phenolic OH excluding ortho intramolecular Hbond substituents is 4. The van der Waals surface area contributed by atoms with E-state index in [4.69, 9.17) is 28.8 Å². The van der Waals surface area contributed by atoms with E-state index < -0.39 is 122 Å². The van der Waals surface area contributed by atoms with Crippen LogP contribution in [0, 0.1) is 0 Å². The van der Waals surface area contributed by atoms with Gasteiger partial charge < -0.3 is 89.7 Å². The summed E-state index contributed by atoms with van der Waals surface area (Å²) in [4.78, 5) is 22.6. The zero-order valence-corrected chi connectivity index (χ0v) is 25.5. The standard InChI is InChI=1S/C30H34O20/c31-7-17-22(39)24(41)26(43)29(49-17)47-15-4-10(32)3-14-11(15)5-16(28(46-14)9-1-12(33)21(38)13(34)2-9)48-30-27(44)25(42)23(40)18(50-30)8-45-20(37)6-19(35)36/h1-5,17-18,22-34,38-44H,6-8H2,(H,35,36)/p+1/t17-,18-,22-,23-,24+,25+,26-,27-,28?,29-,30-/m1/s1. The molecule has 2 aromatic rings. The predicted octanol–water partition coefficient (Wildman–Crippen LogP) is -3.13. The highest BCUT2D eigenvalue weighted by Gasteiger charge is 2.48. The lowest BCUT2D eigenvalue weighted by Gasteiger charge is -2.41. The summed E-state index contributed by atoms with van der Waals surface area (Å²) < 4.78 is 32.0. The summed E-state index contributed by atoms with van der Waals surface area (Å²) in [7, 11) is 0. The Labute approximate surface area is 280 Å². The number of carbonyl (C=O) groups excluding carboxylic acids is 1. The van der Waals surface area contributed by atoms with Gasteiger partial charge in [-0.1, -0.05) is 0 Å². The van der Waals surface area contributed by atoms with Crippen LogP contribution in [0.15, 0.2) is 30.0 Å². The second-order valence-corrected chi connectivity index (χ2v) is 11.6. The third-order valence-corrected chi connectivity index (χ3v) is 8.05. The molecular weight excluding hydrogens is 680 g/mol. The van der Waals surface area contributed by atoms with Gasteiger partial charge in [0.15, 0.2) is 23.0 Å². The molecule has 0 saturated carbocycles. The van der Waals surface area contributed by atoms with Gasteiger partial charge in [0, 0.05) is 12.1 Å². The number of rotatable bonds is 10. The summed E-state index contributed by atoms with van der Waals surface area (Å²) in [6.45, 7) is -1.54. The Morgan fingerprint density at radius 1 is 0.760 bits per heavy atom. The number of fused-ring (bicyclic) bond motifs is 1. The van der Waals surface area contributed by atoms with E-state index in [2.05, 4.69) is 4.74 Å². The number of phenols is 4. The zero-order chi connectivity index (χ0) is 36.6. The summed E-state index contributed by atoms with van der Waals surface area (Å²) in [5.74, 6) is -6.16. The van der Waals surface area contributed by atoms with Gasteiger partial charge >= 0.3 is 11.9 Å². The van der Waals surface area contributed by atoms with Crippen molar-refractivity contribution < 1.29 is 99.3 Å². The number of aliphatic hydroxyl groups excluding tert-OH is 7. The van der Waals surface area contributed by atoms with E-state index >= 15 is 0 Å². The lowest BCUT2D eigenvalue weighted by molar-refractivity contribution is -0.296. The molecule has 2 saturated heterocycles. The average Bonchev–Trinajstić information content (AvgIpc) is 3.06. The molecule has 0 radical (unpaired) electrons. The average molecular weight is 716 g/mol. The van der Waals surface area contributed by atoms with Gasteiger partial charge in [0.25, 0.3) is 11.9 Å². The van der Waals surface area contributed by atoms with Crippen LogP contribution in [-0.2, 0) is 28.5 Å². The third kappa shape index (κ3) is 7.43. The number of aliphatic carboxylic acids is 1. The molecule has 0 spiro atoms. The molecule has 0 aromatic heterocycles. The molecule has 20 nitrogen and oxygen atoms in total. The Morgan fingerprint density at radius 3 is 1.94 bits per heavy atom. The molecule has 20 heteroatoms. The van der Waals surface area contributed by atoms with Crippen LogP contribution in [-0.4, -0.2) is 153 Å². The van der Waals surface area contributed by atoms with E-state index in [-0.39, 0.29) is 28.4 Å². The van der Waals surface area contributed by atoms with Crippen LogP contribution in [0.25, 0.3) is 6.08 Å². The quantitative estimate of drug-likeness (QED) is 0.0500. The molecular formula is C30H35O20+. The van der Waals surface area contributed by atoms with Crippen LogP contribution in [0.1, 0.15) is 23.7 Å². The Hall–Kier alpha value is -4.64. The van der Waals surface area contributed by atoms with Crippen molar-refractivity contribution in [3.05, 3.63) is 41.2 Å². The van der Waals surface area contributed by atoms with E-state index in [1.54, 1.807) is 0 Å². The van der Waals surface area contributed by atoms with Crippen molar-refractivity contribution in [1.29, 1.82) is 0 Å². The lowest BCUT2D eigenvalue weighted by atomic mass is 9.98. The van der Waals surface area contributed by atoms with Crippen molar-refractivity contribution in [3.63, 3.8) is 0 Å². The second kappa shape index (κ2) is 14.7. The molecule has 0 amide bonds. The van der Waals surface area contributed by atoms with E-state index in [0.717, 1.165) is 24.3 Å². The second-order valence-electron chi connectivity index (χ2n) is 11.6. The highest BCUT2D eigenvalue weighted by Crippen LogP contribution is 2.48. The fraction of sp³-hybridized carbons (Fsp3) is 0.467. The van der Waals surface area contributed by atoms with Crippen LogP contribution in [0.2, 0.25) is 0 Å². The first-order valence-electron chi connectivity index (χ1n) is 14.8. The van der Waals surface area contributed by atoms with Gasteiger partial charge in [-0.25, -0.2) is 0 Å². The number of carbonyl (C=O) groups is 2. The van der Waals surface area contributed by atoms with Gasteiger partial charge in [-0.05, 0) is 12.1 Å². The largest absolute Gasteiger partial charge is 0.571 e. The molecule has 50 heavy (non-hydrogen) atoms. The Bertz CT molecular complexity index is 1590. The van der Waals surface area contributed by atoms with Crippen molar-refractivity contribution in [3.8, 4) is 34.5 Å². The Balaban J connectivity index is 1.52. The first-order valence-corrected chi connectivity index (χ1v) is 14.8. The third-order valence-electron chi connectivity index (χ3n) is 8.05. The summed E-state index contributed by atoms with van der Waals surface area (Å²) in [6.07, 6.45) is -18.9. The fourth-order valence-corrected chi connectivity index (χ4v) is 5.42. The molecule has 5 rings (SSSR count). The normalized spacial score (nSPS) is 32.2. The van der Waals surface area contributed by atoms with Crippen molar-refractivity contribution in [2.24, 2.45) is 0 Å². The summed E-state index contributed by atoms with van der Waals surface area (Å²) in [5, 5.41) is 122. The van der Waals surface area contributed by atoms with Gasteiger partial charge in [0.2, 0.25) is 12.6 Å². The topological polar surface area (TPSA) is 336 Å². The molecule has 2 aromatic carbocycles. The van der Waals surface area contributed by atoms with Crippen LogP contribution >= 0.6 is 0 Å². The van der Waals surface area contributed by atoms with E-state index in [0.29, 0.717) is 0 Å². The summed E-state index contributed by atoms with van der Waals surface area (Å²) in [5.41, 5.74) is -0.0530. The first kappa shape index (κ1) is 36.6. The number of hydrogen-bond acceptors (Lipinski definition) is 18. The Kier molecular flexibility index (Phi) is 10.8. The number of carboxylic acids is 1. The molecule has 0 aliphatic carbocycles. The fourth-order valence-electron chi connectivity index (χ4n) is 5.42. The maximum atomic E-state index is 11.8. The monoisotopic (exact) mass is 715 g/mol. The molecule has 3 heterocycles. The summed E-state index contributed by atoms with van der Waals surface area (Å²) >= 11 is 0. The van der Waals surface area contributed by atoms with Crippen molar-refractivity contribution in [1.82, 2.24) is 0 Å². The van der Waals surface area contributed by atoms with Gasteiger partial charge in [0.05, 0.1) is 18.2 Å². The number of aliphatic hydroxyl groups is 8. The van der Waals surface area contributed by atoms with Crippen LogP contribution in [0.5, 0.6) is 34.5 Å². The first-order chi connectivity index (χ1) is 23.6. The minimum Gasteiger partial charge on any atom is -0.571 e. The number of ether oxygens (including phenoxy) is 6. The molecule has 0 bridgehead atoms. The molecule has 2 fully saturated rings. The van der Waals surface area contributed by atoms with E-state index in [9.17, 15) is 65.8 Å². The number of carboxylic acid groups (broad SMARTS) is 1. The number of benzene rings is 2. The van der Waals surface area contributed by atoms with Crippen LogP contribution in [0.4, 0.5) is 0 Å². The lowest BCUT2D eigenvalue weighted by Crippen LogP contribution is -2.60. The number of esters is 1. The van der Waals surface area contributed by atoms with Gasteiger partial charge in [-0.15, -0.1) is 0 Å². The molecule has 1 unspecified atom stereocenters. The molecule has 274 valence electrons. The maximum Gasteiger partial charge on any atom is 0.317 e. The maximum absolute atomic E-state index is 11.8. The van der Waals surface area contributed by atoms with E-state index in [1.165, 1.54) is 6.08 Å². The van der Waals surface area contributed by atoms with E-state index in [1.807, 2.05) is 0 Å². The SMILES string of the molecule is O=C(O)CC(=O)OC[C@H]1O[C@@H](OC2=Cc3c(O[C@@H]4O[C@H](CO)[C@@H](O)[C@H](O)[C@H]4O)cc(O)cc3[OH+]C2c2cc(O)c(O)c(O)c2)[C@H](O)[C@@H](O)[C@@H]1O. The van der Waals surface area contributed by atoms with Crippen LogP contribution < -0.4 is 4.74 Å². The predicted molar refractivity (Wildman–Crippen MR) is 157 cm³/mol. The van der Waals surface area contributed by atoms with Gasteiger partial charge in [-0.3, -0.25) is 9.59 Å². The minimum absolute atomic E-state index is 0.0109. The highest BCUT2D eigenvalue weighted by atomic mass is 16.7. The van der Waals surface area contributed by atoms with Crippen molar-refractivity contribution in [2.75, 3.05) is 13.2 Å².